The molecule has 0 unspecified atom stereocenters. The Morgan fingerprint density at radius 3 is 2.38 bits per heavy atom. The van der Waals surface area contributed by atoms with Crippen LogP contribution in [0.25, 0.3) is 11.2 Å². The van der Waals surface area contributed by atoms with Crippen LogP contribution in [-0.2, 0) is 0 Å². The predicted molar refractivity (Wildman–Crippen MR) is 121 cm³/mol. The van der Waals surface area contributed by atoms with E-state index >= 15 is 0 Å². The summed E-state index contributed by atoms with van der Waals surface area (Å²) in [6, 6.07) is 10.2. The van der Waals surface area contributed by atoms with Crippen molar-refractivity contribution in [2.45, 2.75) is 32.4 Å². The highest BCUT2D eigenvalue weighted by atomic mass is 35.5. The van der Waals surface area contributed by atoms with E-state index < -0.39 is 23.3 Å². The molecule has 0 radical (unpaired) electrons. The van der Waals surface area contributed by atoms with Crippen molar-refractivity contribution in [1.82, 2.24) is 19.5 Å². The van der Waals surface area contributed by atoms with E-state index in [0.717, 1.165) is 12.1 Å². The van der Waals surface area contributed by atoms with E-state index in [9.17, 15) is 13.9 Å². The number of para-hydroxylation sites is 2. The first-order valence-electron chi connectivity index (χ1n) is 9.85. The number of halogens is 3. The average Bonchev–Trinajstić information content (AvgIpc) is 3.08. The molecule has 4 aromatic rings. The summed E-state index contributed by atoms with van der Waals surface area (Å²) in [5.74, 6) is -1.18. The summed E-state index contributed by atoms with van der Waals surface area (Å²) in [6.07, 6.45) is 1.44. The van der Waals surface area contributed by atoms with Gasteiger partial charge in [0.1, 0.15) is 22.8 Å². The first kappa shape index (κ1) is 21.9. The number of fused-ring (bicyclic) bond motifs is 1. The Morgan fingerprint density at radius 2 is 1.72 bits per heavy atom. The van der Waals surface area contributed by atoms with Crippen molar-refractivity contribution in [3.05, 3.63) is 65.3 Å². The molecule has 0 spiro atoms. The minimum absolute atomic E-state index is 0.0186. The SMILES string of the molecule is C[C@H](n1c(Nc2ccccc2Cl)nc2cnc(Nc3c(F)cccc3F)nc21)C(C)(C)O. The highest BCUT2D eigenvalue weighted by Crippen LogP contribution is 2.33. The molecule has 0 fully saturated rings. The molecule has 10 heteroatoms. The molecule has 0 aliphatic rings. The lowest BCUT2D eigenvalue weighted by Gasteiger charge is -2.28. The lowest BCUT2D eigenvalue weighted by Crippen LogP contribution is -2.31. The Balaban J connectivity index is 1.83. The molecule has 0 amide bonds. The van der Waals surface area contributed by atoms with Crippen LogP contribution in [0.15, 0.2) is 48.7 Å². The van der Waals surface area contributed by atoms with E-state index in [4.69, 9.17) is 11.6 Å². The van der Waals surface area contributed by atoms with Gasteiger partial charge in [0.15, 0.2) is 5.65 Å². The number of aromatic nitrogens is 4. The monoisotopic (exact) mass is 458 g/mol. The zero-order valence-corrected chi connectivity index (χ0v) is 18.3. The molecule has 0 aliphatic carbocycles. The van der Waals surface area contributed by atoms with E-state index in [1.54, 1.807) is 36.6 Å². The quantitative estimate of drug-likeness (QED) is 0.350. The minimum atomic E-state index is -1.14. The number of imidazole rings is 1. The number of hydrogen-bond donors (Lipinski definition) is 3. The van der Waals surface area contributed by atoms with Crippen LogP contribution in [0.4, 0.5) is 32.1 Å². The lowest BCUT2D eigenvalue weighted by atomic mass is 10.0. The number of benzene rings is 2. The molecule has 3 N–H and O–H groups in total. The van der Waals surface area contributed by atoms with E-state index in [2.05, 4.69) is 25.6 Å². The molecule has 166 valence electrons. The molecule has 32 heavy (non-hydrogen) atoms. The molecule has 0 saturated carbocycles. The molecular formula is C22H21ClF2N6O. The Hall–Kier alpha value is -3.30. The van der Waals surface area contributed by atoms with Gasteiger partial charge in [-0.2, -0.15) is 4.98 Å². The molecule has 4 rings (SSSR count). The molecular weight excluding hydrogens is 438 g/mol. The largest absolute Gasteiger partial charge is 0.388 e. The summed E-state index contributed by atoms with van der Waals surface area (Å²) in [6.45, 7) is 5.14. The standard InChI is InChI=1S/C22H21ClF2N6O/c1-12(22(2,3)32)31-19-17(28-21(31)27-16-10-5-4-7-13(16)23)11-26-20(30-19)29-18-14(24)8-6-9-15(18)25/h4-12,32H,1-3H3,(H,27,28)(H,26,29,30)/t12-/m0/s1. The van der Waals surface area contributed by atoms with Crippen molar-refractivity contribution in [3.63, 3.8) is 0 Å². The fraction of sp³-hybridized carbons (Fsp3) is 0.227. The predicted octanol–water partition coefficient (Wildman–Crippen LogP) is 5.58. The van der Waals surface area contributed by atoms with Gasteiger partial charge < -0.3 is 15.7 Å². The van der Waals surface area contributed by atoms with Gasteiger partial charge in [-0.15, -0.1) is 0 Å². The van der Waals surface area contributed by atoms with Crippen molar-refractivity contribution in [2.24, 2.45) is 0 Å². The van der Waals surface area contributed by atoms with Gasteiger partial charge in [0, 0.05) is 0 Å². The maximum Gasteiger partial charge on any atom is 0.229 e. The minimum Gasteiger partial charge on any atom is -0.388 e. The van der Waals surface area contributed by atoms with Crippen molar-refractivity contribution in [3.8, 4) is 0 Å². The van der Waals surface area contributed by atoms with Crippen LogP contribution in [0.3, 0.4) is 0 Å². The number of nitrogens with zero attached hydrogens (tertiary/aromatic N) is 4. The van der Waals surface area contributed by atoms with Gasteiger partial charge in [-0.1, -0.05) is 29.8 Å². The lowest BCUT2D eigenvalue weighted by molar-refractivity contribution is 0.0325. The smallest absolute Gasteiger partial charge is 0.229 e. The molecule has 0 bridgehead atoms. The first-order valence-corrected chi connectivity index (χ1v) is 10.2. The van der Waals surface area contributed by atoms with Gasteiger partial charge in [0.2, 0.25) is 11.9 Å². The van der Waals surface area contributed by atoms with Gasteiger partial charge in [-0.3, -0.25) is 4.57 Å². The molecule has 0 aliphatic heterocycles. The highest BCUT2D eigenvalue weighted by Gasteiger charge is 2.29. The van der Waals surface area contributed by atoms with E-state index in [1.165, 1.54) is 12.3 Å². The Morgan fingerprint density at radius 1 is 1.03 bits per heavy atom. The summed E-state index contributed by atoms with van der Waals surface area (Å²) >= 11 is 6.28. The molecule has 2 aromatic heterocycles. The highest BCUT2D eigenvalue weighted by molar-refractivity contribution is 6.33. The van der Waals surface area contributed by atoms with Crippen LogP contribution in [0.5, 0.6) is 0 Å². The first-order chi connectivity index (χ1) is 15.1. The third-order valence-corrected chi connectivity index (χ3v) is 5.49. The van der Waals surface area contributed by atoms with Crippen LogP contribution < -0.4 is 10.6 Å². The topological polar surface area (TPSA) is 87.9 Å². The maximum absolute atomic E-state index is 14.1. The van der Waals surface area contributed by atoms with Crippen molar-refractivity contribution in [2.75, 3.05) is 10.6 Å². The Labute approximate surface area is 188 Å². The van der Waals surface area contributed by atoms with Crippen molar-refractivity contribution in [1.29, 1.82) is 0 Å². The third kappa shape index (κ3) is 4.21. The summed E-state index contributed by atoms with van der Waals surface area (Å²) in [5.41, 5.74) is -0.0873. The normalized spacial score (nSPS) is 12.7. The number of rotatable bonds is 6. The van der Waals surface area contributed by atoms with E-state index in [0.29, 0.717) is 27.8 Å². The third-order valence-electron chi connectivity index (χ3n) is 5.16. The Bertz CT molecular complexity index is 1270. The molecule has 2 heterocycles. The Kier molecular flexibility index (Phi) is 5.70. The van der Waals surface area contributed by atoms with Crippen LogP contribution in [-0.4, -0.2) is 30.2 Å². The van der Waals surface area contributed by atoms with Crippen LogP contribution in [0, 0.1) is 11.6 Å². The van der Waals surface area contributed by atoms with E-state index in [1.807, 2.05) is 13.0 Å². The zero-order chi connectivity index (χ0) is 23.0. The second-order valence-electron chi connectivity index (χ2n) is 7.86. The van der Waals surface area contributed by atoms with Gasteiger partial charge in [-0.05, 0) is 45.0 Å². The zero-order valence-electron chi connectivity index (χ0n) is 17.6. The summed E-state index contributed by atoms with van der Waals surface area (Å²) in [4.78, 5) is 13.1. The summed E-state index contributed by atoms with van der Waals surface area (Å²) < 4.78 is 29.8. The fourth-order valence-corrected chi connectivity index (χ4v) is 3.32. The number of nitrogens with one attached hydrogen (secondary N) is 2. The van der Waals surface area contributed by atoms with Crippen LogP contribution in [0.2, 0.25) is 5.02 Å². The fourth-order valence-electron chi connectivity index (χ4n) is 3.13. The van der Waals surface area contributed by atoms with Crippen LogP contribution in [0.1, 0.15) is 26.8 Å². The maximum atomic E-state index is 14.1. The summed E-state index contributed by atoms with van der Waals surface area (Å²) in [5, 5.41) is 16.9. The van der Waals surface area contributed by atoms with Crippen LogP contribution >= 0.6 is 11.6 Å². The van der Waals surface area contributed by atoms with Crippen molar-refractivity contribution >= 4 is 46.0 Å². The second-order valence-corrected chi connectivity index (χ2v) is 8.27. The molecule has 2 aromatic carbocycles. The molecule has 0 saturated heterocycles. The van der Waals surface area contributed by atoms with Gasteiger partial charge >= 0.3 is 0 Å². The number of anilines is 4. The number of hydrogen-bond acceptors (Lipinski definition) is 6. The van der Waals surface area contributed by atoms with E-state index in [-0.39, 0.29) is 11.6 Å². The van der Waals surface area contributed by atoms with Gasteiger partial charge in [0.05, 0.1) is 28.5 Å². The summed E-state index contributed by atoms with van der Waals surface area (Å²) in [7, 11) is 0. The second kappa shape index (κ2) is 8.33. The number of aliphatic hydroxyl groups is 1. The molecule has 7 nitrogen and oxygen atoms in total. The van der Waals surface area contributed by atoms with Crippen molar-refractivity contribution < 1.29 is 13.9 Å². The van der Waals surface area contributed by atoms with Gasteiger partial charge in [-0.25, -0.2) is 18.7 Å². The molecule has 1 atom stereocenters. The van der Waals surface area contributed by atoms with Gasteiger partial charge in [0.25, 0.3) is 0 Å². The average molecular weight is 459 g/mol.